The van der Waals surface area contributed by atoms with Gasteiger partial charge in [0.05, 0.1) is 19.3 Å². The highest BCUT2D eigenvalue weighted by Crippen LogP contribution is 2.27. The van der Waals surface area contributed by atoms with Crippen LogP contribution in [0.25, 0.3) is 0 Å². The number of ketones is 1. The molecular formula is C22H26FNO4. The van der Waals surface area contributed by atoms with Crippen molar-refractivity contribution in [3.05, 3.63) is 59.4 Å². The van der Waals surface area contributed by atoms with Crippen molar-refractivity contribution < 1.29 is 23.8 Å². The molecule has 0 spiro atoms. The maximum absolute atomic E-state index is 13.6. The van der Waals surface area contributed by atoms with Gasteiger partial charge < -0.3 is 14.6 Å². The van der Waals surface area contributed by atoms with Crippen molar-refractivity contribution in [2.24, 2.45) is 5.92 Å². The van der Waals surface area contributed by atoms with E-state index in [1.165, 1.54) is 25.3 Å². The number of benzene rings is 2. The van der Waals surface area contributed by atoms with Crippen LogP contribution < -0.4 is 9.47 Å². The average Bonchev–Trinajstić information content (AvgIpc) is 2.73. The molecule has 3 rings (SSSR count). The largest absolute Gasteiger partial charge is 0.496 e. The van der Waals surface area contributed by atoms with E-state index in [2.05, 4.69) is 4.90 Å². The molecule has 5 nitrogen and oxygen atoms in total. The Morgan fingerprint density at radius 1 is 1.25 bits per heavy atom. The highest BCUT2D eigenvalue weighted by Gasteiger charge is 2.28. The van der Waals surface area contributed by atoms with E-state index in [-0.39, 0.29) is 24.9 Å². The molecule has 2 aromatic rings. The molecular weight excluding hydrogens is 361 g/mol. The third-order valence-corrected chi connectivity index (χ3v) is 4.99. The number of aliphatic hydroxyl groups is 1. The summed E-state index contributed by atoms with van der Waals surface area (Å²) < 4.78 is 24.3. The maximum Gasteiger partial charge on any atom is 0.171 e. The van der Waals surface area contributed by atoms with Gasteiger partial charge in [-0.3, -0.25) is 9.69 Å². The van der Waals surface area contributed by atoms with Gasteiger partial charge in [-0.2, -0.15) is 0 Å². The van der Waals surface area contributed by atoms with Crippen LogP contribution in [0, 0.1) is 11.7 Å². The summed E-state index contributed by atoms with van der Waals surface area (Å²) in [5.74, 6) is 0.482. The summed E-state index contributed by atoms with van der Waals surface area (Å²) in [6, 6.07) is 11.8. The van der Waals surface area contributed by atoms with Gasteiger partial charge in [-0.05, 0) is 55.3 Å². The van der Waals surface area contributed by atoms with Crippen molar-refractivity contribution in [1.29, 1.82) is 0 Å². The van der Waals surface area contributed by atoms with E-state index in [1.54, 1.807) is 0 Å². The van der Waals surface area contributed by atoms with E-state index in [4.69, 9.17) is 14.6 Å². The first-order valence-corrected chi connectivity index (χ1v) is 9.53. The van der Waals surface area contributed by atoms with Crippen LogP contribution in [0.1, 0.15) is 28.8 Å². The lowest BCUT2D eigenvalue weighted by molar-refractivity contribution is 0.0808. The van der Waals surface area contributed by atoms with Crippen LogP contribution in [0.4, 0.5) is 4.39 Å². The van der Waals surface area contributed by atoms with Crippen LogP contribution in [0.15, 0.2) is 42.5 Å². The Bertz CT molecular complexity index is 794. The molecule has 0 aliphatic carbocycles. The summed E-state index contributed by atoms with van der Waals surface area (Å²) in [7, 11) is 1.49. The first-order valence-electron chi connectivity index (χ1n) is 9.53. The maximum atomic E-state index is 13.6. The van der Waals surface area contributed by atoms with Gasteiger partial charge in [-0.15, -0.1) is 0 Å². The smallest absolute Gasteiger partial charge is 0.171 e. The number of hydrogen-bond acceptors (Lipinski definition) is 5. The van der Waals surface area contributed by atoms with Crippen molar-refractivity contribution in [2.45, 2.75) is 19.4 Å². The van der Waals surface area contributed by atoms with Crippen LogP contribution in [0.3, 0.4) is 0 Å². The number of nitrogens with zero attached hydrogens (tertiary/aromatic N) is 1. The fourth-order valence-electron chi connectivity index (χ4n) is 3.62. The minimum absolute atomic E-state index is 0.0129. The van der Waals surface area contributed by atoms with E-state index in [9.17, 15) is 9.18 Å². The zero-order valence-electron chi connectivity index (χ0n) is 16.1. The fourth-order valence-corrected chi connectivity index (χ4v) is 3.62. The highest BCUT2D eigenvalue weighted by atomic mass is 19.1. The summed E-state index contributed by atoms with van der Waals surface area (Å²) in [5.41, 5.74) is 1.45. The Morgan fingerprint density at radius 3 is 2.75 bits per heavy atom. The molecule has 150 valence electrons. The number of piperidine rings is 1. The molecule has 1 N–H and O–H groups in total. The monoisotopic (exact) mass is 387 g/mol. The molecule has 0 amide bonds. The normalized spacial score (nSPS) is 17.3. The van der Waals surface area contributed by atoms with Crippen LogP contribution >= 0.6 is 0 Å². The fraction of sp³-hybridized carbons (Fsp3) is 0.409. The predicted octanol–water partition coefficient (Wildman–Crippen LogP) is 3.30. The molecule has 28 heavy (non-hydrogen) atoms. The predicted molar refractivity (Wildman–Crippen MR) is 104 cm³/mol. The SMILES string of the molecule is COc1ccc(F)cc1C(=O)[C@H]1CCCN(Cc2ccc(OCCO)cc2)C1. The molecule has 0 saturated carbocycles. The number of ether oxygens (including phenoxy) is 2. The quantitative estimate of drug-likeness (QED) is 0.705. The Hall–Kier alpha value is -2.44. The Morgan fingerprint density at radius 2 is 2.04 bits per heavy atom. The Kier molecular flexibility index (Phi) is 7.01. The third-order valence-electron chi connectivity index (χ3n) is 4.99. The van der Waals surface area contributed by atoms with Crippen LogP contribution in [-0.2, 0) is 6.54 Å². The lowest BCUT2D eigenvalue weighted by atomic mass is 9.89. The summed E-state index contributed by atoms with van der Waals surface area (Å²) in [6.07, 6.45) is 1.72. The second-order valence-corrected chi connectivity index (χ2v) is 7.00. The number of carbonyl (C=O) groups is 1. The summed E-state index contributed by atoms with van der Waals surface area (Å²) >= 11 is 0. The van der Waals surface area contributed by atoms with E-state index >= 15 is 0 Å². The molecule has 6 heteroatoms. The van der Waals surface area contributed by atoms with Gasteiger partial charge in [0.1, 0.15) is 23.9 Å². The number of hydrogen-bond donors (Lipinski definition) is 1. The van der Waals surface area contributed by atoms with Crippen molar-refractivity contribution in [3.63, 3.8) is 0 Å². The lowest BCUT2D eigenvalue weighted by Crippen LogP contribution is -2.38. The topological polar surface area (TPSA) is 59.0 Å². The summed E-state index contributed by atoms with van der Waals surface area (Å²) in [4.78, 5) is 15.2. The second kappa shape index (κ2) is 9.66. The molecule has 1 atom stereocenters. The minimum atomic E-state index is -0.430. The van der Waals surface area contributed by atoms with E-state index in [0.29, 0.717) is 17.9 Å². The molecule has 1 fully saturated rings. The van der Waals surface area contributed by atoms with E-state index < -0.39 is 5.82 Å². The van der Waals surface area contributed by atoms with Crippen LogP contribution in [0.5, 0.6) is 11.5 Å². The third kappa shape index (κ3) is 5.09. The molecule has 0 bridgehead atoms. The first kappa shape index (κ1) is 20.3. The van der Waals surface area contributed by atoms with Gasteiger partial charge in [0, 0.05) is 19.0 Å². The summed E-state index contributed by atoms with van der Waals surface area (Å²) in [6.45, 7) is 2.57. The zero-order valence-corrected chi connectivity index (χ0v) is 16.1. The Labute approximate surface area is 164 Å². The number of methoxy groups -OCH3 is 1. The first-order chi connectivity index (χ1) is 13.6. The van der Waals surface area contributed by atoms with E-state index in [0.717, 1.165) is 37.2 Å². The number of halogens is 1. The minimum Gasteiger partial charge on any atom is -0.496 e. The second-order valence-electron chi connectivity index (χ2n) is 7.00. The summed E-state index contributed by atoms with van der Waals surface area (Å²) in [5, 5.41) is 8.81. The number of carbonyl (C=O) groups excluding carboxylic acids is 1. The average molecular weight is 387 g/mol. The van der Waals surface area contributed by atoms with Crippen molar-refractivity contribution in [2.75, 3.05) is 33.4 Å². The zero-order chi connectivity index (χ0) is 19.9. The Balaban J connectivity index is 1.64. The molecule has 1 aliphatic rings. The van der Waals surface area contributed by atoms with Gasteiger partial charge in [-0.25, -0.2) is 4.39 Å². The molecule has 0 aromatic heterocycles. The van der Waals surface area contributed by atoms with Crippen molar-refractivity contribution in [1.82, 2.24) is 4.90 Å². The van der Waals surface area contributed by atoms with Gasteiger partial charge in [0.25, 0.3) is 0 Å². The molecule has 1 saturated heterocycles. The molecule has 1 aliphatic heterocycles. The number of likely N-dealkylation sites (tertiary alicyclic amines) is 1. The van der Waals surface area contributed by atoms with Crippen LogP contribution in [-0.4, -0.2) is 49.2 Å². The van der Waals surface area contributed by atoms with Gasteiger partial charge in [0.15, 0.2) is 5.78 Å². The highest BCUT2D eigenvalue weighted by molar-refractivity contribution is 6.00. The number of Topliss-reactive ketones (excluding diaryl/α,β-unsaturated/α-hetero) is 1. The van der Waals surface area contributed by atoms with Crippen molar-refractivity contribution >= 4 is 5.78 Å². The standard InChI is InChI=1S/C22H26FNO4/c1-27-21-9-6-18(23)13-20(21)22(26)17-3-2-10-24(15-17)14-16-4-7-19(8-5-16)28-12-11-25/h4-9,13,17,25H,2-3,10-12,14-15H2,1H3/t17-/m0/s1. The van der Waals surface area contributed by atoms with Gasteiger partial charge in [0.2, 0.25) is 0 Å². The van der Waals surface area contributed by atoms with Gasteiger partial charge >= 0.3 is 0 Å². The van der Waals surface area contributed by atoms with Gasteiger partial charge in [-0.1, -0.05) is 12.1 Å². The lowest BCUT2D eigenvalue weighted by Gasteiger charge is -2.32. The van der Waals surface area contributed by atoms with E-state index in [1.807, 2.05) is 24.3 Å². The number of rotatable bonds is 8. The molecule has 0 unspecified atom stereocenters. The molecule has 2 aromatic carbocycles. The molecule has 1 heterocycles. The molecule has 0 radical (unpaired) electrons. The van der Waals surface area contributed by atoms with Crippen molar-refractivity contribution in [3.8, 4) is 11.5 Å². The number of aliphatic hydroxyl groups excluding tert-OH is 1. The van der Waals surface area contributed by atoms with Crippen LogP contribution in [0.2, 0.25) is 0 Å².